The highest BCUT2D eigenvalue weighted by Gasteiger charge is 2.37. The Morgan fingerprint density at radius 3 is 3.22 bits per heavy atom. The topological polar surface area (TPSA) is 48.0 Å². The van der Waals surface area contributed by atoms with E-state index in [0.717, 1.165) is 44.8 Å². The second-order valence-corrected chi connectivity index (χ2v) is 8.25. The molecule has 0 saturated carbocycles. The van der Waals surface area contributed by atoms with Gasteiger partial charge < -0.3 is 15.2 Å². The molecule has 0 radical (unpaired) electrons. The van der Waals surface area contributed by atoms with Crippen LogP contribution in [-0.2, 0) is 0 Å². The number of allylic oxidation sites excluding steroid dienone is 3. The highest BCUT2D eigenvalue weighted by atomic mass is 32.2. The Kier molecular flexibility index (Phi) is 4.09. The van der Waals surface area contributed by atoms with Crippen molar-refractivity contribution in [3.8, 4) is 0 Å². The Morgan fingerprint density at radius 1 is 1.43 bits per heavy atom. The first-order chi connectivity index (χ1) is 11.2. The monoisotopic (exact) mass is 347 g/mol. The fraction of sp³-hybridized carbons (Fsp3) is 0.471. The molecule has 1 aromatic heterocycles. The summed E-state index contributed by atoms with van der Waals surface area (Å²) in [6.45, 7) is 4.39. The van der Waals surface area contributed by atoms with Gasteiger partial charge in [-0.15, -0.1) is 23.1 Å². The van der Waals surface area contributed by atoms with E-state index in [1.165, 1.54) is 18.5 Å². The van der Waals surface area contributed by atoms with Gasteiger partial charge in [0.15, 0.2) is 5.70 Å². The summed E-state index contributed by atoms with van der Waals surface area (Å²) in [5.41, 5.74) is 5.25. The number of unbranched alkanes of at least 4 members (excludes halogenated alkanes) is 1. The average Bonchev–Trinajstić information content (AvgIpc) is 2.97. The second-order valence-electron chi connectivity index (χ2n) is 6.23. The zero-order chi connectivity index (χ0) is 15.9. The smallest absolute Gasteiger partial charge is 0.152 e. The van der Waals surface area contributed by atoms with Crippen LogP contribution in [0.2, 0.25) is 0 Å². The Balaban J connectivity index is 1.85. The average molecular weight is 348 g/mol. The molecule has 0 aromatic carbocycles. The lowest BCUT2D eigenvalue weighted by atomic mass is 9.99. The quantitative estimate of drug-likeness (QED) is 0.514. The maximum Gasteiger partial charge on any atom is 0.152 e. The highest BCUT2D eigenvalue weighted by molar-refractivity contribution is 8.03. The van der Waals surface area contributed by atoms with Crippen LogP contribution in [0.1, 0.15) is 26.2 Å². The molecule has 2 aliphatic heterocycles. The van der Waals surface area contributed by atoms with Crippen molar-refractivity contribution in [1.29, 1.82) is 0 Å². The number of fused-ring (bicyclic) bond motifs is 1. The van der Waals surface area contributed by atoms with Crippen molar-refractivity contribution in [2.45, 2.75) is 26.2 Å². The zero-order valence-corrected chi connectivity index (χ0v) is 14.9. The molecular weight excluding hydrogens is 326 g/mol. The van der Waals surface area contributed by atoms with Crippen molar-refractivity contribution in [3.63, 3.8) is 0 Å². The second kappa shape index (κ2) is 6.09. The van der Waals surface area contributed by atoms with E-state index >= 15 is 0 Å². The van der Waals surface area contributed by atoms with Gasteiger partial charge in [-0.3, -0.25) is 0 Å². The molecule has 3 aliphatic rings. The summed E-state index contributed by atoms with van der Waals surface area (Å²) in [6.07, 6.45) is 7.46. The number of thiazole rings is 1. The third-order valence-corrected chi connectivity index (χ3v) is 6.48. The van der Waals surface area contributed by atoms with E-state index in [4.69, 9.17) is 0 Å². The van der Waals surface area contributed by atoms with Crippen LogP contribution in [0.15, 0.2) is 27.9 Å². The van der Waals surface area contributed by atoms with Gasteiger partial charge in [0.2, 0.25) is 0 Å². The predicted octanol–water partition coefficient (Wildman–Crippen LogP) is 2.04. The molecule has 3 heterocycles. The summed E-state index contributed by atoms with van der Waals surface area (Å²) in [5, 5.41) is 18.0. The maximum atomic E-state index is 13.4. The molecule has 1 N–H and O–H groups in total. The molecule has 0 bridgehead atoms. The first-order valence-electron chi connectivity index (χ1n) is 8.25. The third kappa shape index (κ3) is 2.67. The first-order valence-corrected chi connectivity index (χ1v) is 10.1. The molecule has 1 aliphatic carbocycles. The number of nitrogens with one attached hydrogen (secondary N) is 1. The van der Waals surface area contributed by atoms with Crippen LogP contribution < -0.4 is 15.2 Å². The van der Waals surface area contributed by atoms with E-state index in [9.17, 15) is 5.21 Å². The van der Waals surface area contributed by atoms with Gasteiger partial charge in [0.05, 0.1) is 26.8 Å². The molecule has 1 atom stereocenters. The lowest BCUT2D eigenvalue weighted by Crippen LogP contribution is -2.46. The van der Waals surface area contributed by atoms with E-state index in [2.05, 4.69) is 29.4 Å². The molecule has 0 spiro atoms. The molecule has 4 rings (SSSR count). The predicted molar refractivity (Wildman–Crippen MR) is 97.7 cm³/mol. The van der Waals surface area contributed by atoms with Gasteiger partial charge in [0, 0.05) is 30.0 Å². The van der Waals surface area contributed by atoms with Gasteiger partial charge in [-0.05, 0) is 18.6 Å². The fourth-order valence-electron chi connectivity index (χ4n) is 3.45. The van der Waals surface area contributed by atoms with Crippen LogP contribution in [0.5, 0.6) is 0 Å². The van der Waals surface area contributed by atoms with Crippen molar-refractivity contribution in [3.05, 3.63) is 43.0 Å². The Bertz CT molecular complexity index is 808. The minimum Gasteiger partial charge on any atom is -0.627 e. The molecule has 0 amide bonds. The number of quaternary nitrogens is 1. The Labute approximate surface area is 144 Å². The zero-order valence-electron chi connectivity index (χ0n) is 13.3. The van der Waals surface area contributed by atoms with Crippen molar-refractivity contribution in [2.75, 3.05) is 25.4 Å². The maximum absolute atomic E-state index is 13.4. The van der Waals surface area contributed by atoms with Crippen LogP contribution in [0.4, 0.5) is 0 Å². The van der Waals surface area contributed by atoms with Gasteiger partial charge in [-0.2, -0.15) is 0 Å². The molecule has 0 saturated heterocycles. The standard InChI is InChI=1S/C17H21N3OS2/c1-2-3-5-18-12-9-13-16-14(23-11-19-16)4-6-20(21)7-8-22-15(10-12)17(13)20/h4,10-11,18H,2-3,5-9H2,1H3. The van der Waals surface area contributed by atoms with Crippen molar-refractivity contribution < 1.29 is 4.65 Å². The SMILES string of the molecule is CCCCNC1=CC2=C3C(=c4ncsc4=CC[N+]3([O-])CCS2)C1. The Morgan fingerprint density at radius 2 is 2.35 bits per heavy atom. The van der Waals surface area contributed by atoms with E-state index in [1.807, 2.05) is 17.3 Å². The lowest BCUT2D eigenvalue weighted by Gasteiger charge is -2.47. The summed E-state index contributed by atoms with van der Waals surface area (Å²) in [7, 11) is 0. The van der Waals surface area contributed by atoms with E-state index < -0.39 is 0 Å². The minimum absolute atomic E-state index is 0.209. The first kappa shape index (κ1) is 15.4. The molecule has 4 nitrogen and oxygen atoms in total. The Hall–Kier alpha value is -1.08. The lowest BCUT2D eigenvalue weighted by molar-refractivity contribution is -0.827. The van der Waals surface area contributed by atoms with Crippen molar-refractivity contribution >= 4 is 34.7 Å². The molecular formula is C17H21N3OS2. The van der Waals surface area contributed by atoms with E-state index in [-0.39, 0.29) is 4.65 Å². The molecule has 23 heavy (non-hydrogen) atoms. The van der Waals surface area contributed by atoms with Crippen molar-refractivity contribution in [1.82, 2.24) is 10.3 Å². The third-order valence-electron chi connectivity index (χ3n) is 4.64. The van der Waals surface area contributed by atoms with E-state index in [0.29, 0.717) is 13.1 Å². The van der Waals surface area contributed by atoms with Crippen molar-refractivity contribution in [2.24, 2.45) is 0 Å². The largest absolute Gasteiger partial charge is 0.627 e. The number of hydroxylamine groups is 3. The van der Waals surface area contributed by atoms with Crippen LogP contribution in [0.3, 0.4) is 0 Å². The molecule has 1 unspecified atom stereocenters. The van der Waals surface area contributed by atoms with Gasteiger partial charge in [0.25, 0.3) is 0 Å². The molecule has 1 aromatic rings. The normalized spacial score (nSPS) is 26.0. The number of rotatable bonds is 4. The molecule has 6 heteroatoms. The summed E-state index contributed by atoms with van der Waals surface area (Å²) in [6, 6.07) is 0. The summed E-state index contributed by atoms with van der Waals surface area (Å²) >= 11 is 3.46. The fourth-order valence-corrected chi connectivity index (χ4v) is 5.43. The van der Waals surface area contributed by atoms with Crippen LogP contribution in [-0.4, -0.2) is 35.0 Å². The van der Waals surface area contributed by atoms with Crippen LogP contribution >= 0.6 is 23.1 Å². The minimum atomic E-state index is -0.209. The number of hydrogen-bond acceptors (Lipinski definition) is 5. The van der Waals surface area contributed by atoms with Gasteiger partial charge in [-0.25, -0.2) is 4.98 Å². The van der Waals surface area contributed by atoms with Gasteiger partial charge >= 0.3 is 0 Å². The number of hydrogen-bond donors (Lipinski definition) is 1. The molecule has 122 valence electrons. The molecule has 0 fully saturated rings. The number of thioether (sulfide) groups is 1. The summed E-state index contributed by atoms with van der Waals surface area (Å²) in [4.78, 5) is 5.75. The van der Waals surface area contributed by atoms with Crippen LogP contribution in [0.25, 0.3) is 11.6 Å². The summed E-state index contributed by atoms with van der Waals surface area (Å²) in [5.74, 6) is 0.892. The van der Waals surface area contributed by atoms with Gasteiger partial charge in [0.1, 0.15) is 6.54 Å². The number of aromatic nitrogens is 1. The van der Waals surface area contributed by atoms with Crippen LogP contribution in [0, 0.1) is 5.21 Å². The summed E-state index contributed by atoms with van der Waals surface area (Å²) < 4.78 is 0.953. The van der Waals surface area contributed by atoms with E-state index in [1.54, 1.807) is 11.3 Å². The highest BCUT2D eigenvalue weighted by Crippen LogP contribution is 2.43. The van der Waals surface area contributed by atoms with Gasteiger partial charge in [-0.1, -0.05) is 13.3 Å². The number of nitrogens with zero attached hydrogens (tertiary/aromatic N) is 2.